The predicted octanol–water partition coefficient (Wildman–Crippen LogP) is 4.07. The van der Waals surface area contributed by atoms with Gasteiger partial charge in [-0.2, -0.15) is 0 Å². The topological polar surface area (TPSA) is 42.1 Å². The molecule has 3 aromatic rings. The number of thiophene rings is 1. The van der Waals surface area contributed by atoms with E-state index in [1.807, 2.05) is 30.3 Å². The summed E-state index contributed by atoms with van der Waals surface area (Å²) in [6.45, 7) is 3.00. The molecular weight excluding hydrogens is 278 g/mol. The molecule has 4 heteroatoms. The number of para-hydroxylation sites is 1. The third-order valence-corrected chi connectivity index (χ3v) is 4.87. The first kappa shape index (κ1) is 14.0. The zero-order valence-electron chi connectivity index (χ0n) is 12.3. The van der Waals surface area contributed by atoms with Crippen LogP contribution in [0, 0.1) is 0 Å². The quantitative estimate of drug-likeness (QED) is 0.789. The van der Waals surface area contributed by atoms with Crippen LogP contribution in [0.3, 0.4) is 0 Å². The Morgan fingerprint density at radius 3 is 2.81 bits per heavy atom. The molecule has 2 aromatic heterocycles. The number of aromatic nitrogens is 1. The Balaban J connectivity index is 1.84. The second-order valence-corrected chi connectivity index (χ2v) is 6.31. The first-order valence-electron chi connectivity index (χ1n) is 7.03. The lowest BCUT2D eigenvalue weighted by Crippen LogP contribution is -2.21. The standard InChI is InChI=1S/C17H19N3S/c1-12(17-8-5-9-21-17)20(2)11-13-10-15(18)14-6-3-4-7-16(14)19-13/h3-10,12H,11H2,1-2H3,(H2,18,19). The number of hydrogen-bond donors (Lipinski definition) is 1. The SMILES string of the molecule is CC(c1cccs1)N(C)Cc1cc(N)c2ccccc2n1. The third kappa shape index (κ3) is 2.91. The molecule has 0 aliphatic rings. The molecule has 1 unspecified atom stereocenters. The highest BCUT2D eigenvalue weighted by Crippen LogP contribution is 2.26. The summed E-state index contributed by atoms with van der Waals surface area (Å²) in [6.07, 6.45) is 0. The van der Waals surface area contributed by atoms with E-state index >= 15 is 0 Å². The molecule has 0 saturated heterocycles. The van der Waals surface area contributed by atoms with Crippen molar-refractivity contribution in [1.82, 2.24) is 9.88 Å². The van der Waals surface area contributed by atoms with Gasteiger partial charge in [-0.3, -0.25) is 9.88 Å². The summed E-state index contributed by atoms with van der Waals surface area (Å²) in [4.78, 5) is 8.38. The molecule has 0 spiro atoms. The molecule has 0 aliphatic heterocycles. The molecule has 2 N–H and O–H groups in total. The van der Waals surface area contributed by atoms with Crippen molar-refractivity contribution < 1.29 is 0 Å². The summed E-state index contributed by atoms with van der Waals surface area (Å²) in [5, 5.41) is 3.14. The van der Waals surface area contributed by atoms with E-state index in [-0.39, 0.29) is 0 Å². The Kier molecular flexibility index (Phi) is 3.90. The van der Waals surface area contributed by atoms with Gasteiger partial charge in [0.2, 0.25) is 0 Å². The predicted molar refractivity (Wildman–Crippen MR) is 90.4 cm³/mol. The van der Waals surface area contributed by atoms with E-state index in [1.165, 1.54) is 4.88 Å². The van der Waals surface area contributed by atoms with Gasteiger partial charge in [-0.05, 0) is 37.6 Å². The highest BCUT2D eigenvalue weighted by atomic mass is 32.1. The normalized spacial score (nSPS) is 12.9. The van der Waals surface area contributed by atoms with Crippen LogP contribution in [-0.2, 0) is 6.54 Å². The minimum Gasteiger partial charge on any atom is -0.398 e. The maximum atomic E-state index is 6.15. The van der Waals surface area contributed by atoms with Gasteiger partial charge in [0, 0.05) is 28.5 Å². The van der Waals surface area contributed by atoms with Crippen molar-refractivity contribution in [3.8, 4) is 0 Å². The van der Waals surface area contributed by atoms with Crippen LogP contribution in [0.4, 0.5) is 5.69 Å². The Bertz CT molecular complexity index is 737. The van der Waals surface area contributed by atoms with Gasteiger partial charge in [0.1, 0.15) is 0 Å². The summed E-state index contributed by atoms with van der Waals surface area (Å²) >= 11 is 1.79. The zero-order valence-corrected chi connectivity index (χ0v) is 13.1. The van der Waals surface area contributed by atoms with E-state index in [2.05, 4.69) is 36.4 Å². The maximum absolute atomic E-state index is 6.15. The van der Waals surface area contributed by atoms with Crippen molar-refractivity contribution in [3.05, 3.63) is 58.4 Å². The molecule has 108 valence electrons. The number of nitrogen functional groups attached to an aromatic ring is 1. The molecule has 3 rings (SSSR count). The van der Waals surface area contributed by atoms with Crippen LogP contribution in [0.2, 0.25) is 0 Å². The first-order chi connectivity index (χ1) is 10.1. The van der Waals surface area contributed by atoms with E-state index in [1.54, 1.807) is 11.3 Å². The van der Waals surface area contributed by atoms with E-state index < -0.39 is 0 Å². The van der Waals surface area contributed by atoms with Gasteiger partial charge in [-0.15, -0.1) is 11.3 Å². The molecule has 0 bridgehead atoms. The fraction of sp³-hybridized carbons (Fsp3) is 0.235. The fourth-order valence-corrected chi connectivity index (χ4v) is 3.33. The Labute approximate surface area is 129 Å². The van der Waals surface area contributed by atoms with Crippen LogP contribution in [-0.4, -0.2) is 16.9 Å². The number of rotatable bonds is 4. The minimum absolute atomic E-state index is 0.375. The second kappa shape index (κ2) is 5.84. The average molecular weight is 297 g/mol. The molecule has 0 radical (unpaired) electrons. The zero-order chi connectivity index (χ0) is 14.8. The van der Waals surface area contributed by atoms with Crippen LogP contribution in [0.1, 0.15) is 23.5 Å². The van der Waals surface area contributed by atoms with Crippen molar-refractivity contribution in [3.63, 3.8) is 0 Å². The van der Waals surface area contributed by atoms with Crippen LogP contribution >= 0.6 is 11.3 Å². The Morgan fingerprint density at radius 1 is 1.24 bits per heavy atom. The maximum Gasteiger partial charge on any atom is 0.0726 e. The summed E-state index contributed by atoms with van der Waals surface area (Å²) < 4.78 is 0. The van der Waals surface area contributed by atoms with Crippen LogP contribution in [0.25, 0.3) is 10.9 Å². The smallest absolute Gasteiger partial charge is 0.0726 e. The molecule has 3 nitrogen and oxygen atoms in total. The number of anilines is 1. The lowest BCUT2D eigenvalue weighted by atomic mass is 10.1. The monoisotopic (exact) mass is 297 g/mol. The molecule has 1 aromatic carbocycles. The van der Waals surface area contributed by atoms with Gasteiger partial charge in [0.25, 0.3) is 0 Å². The molecule has 0 aliphatic carbocycles. The fourth-order valence-electron chi connectivity index (χ4n) is 2.48. The van der Waals surface area contributed by atoms with E-state index in [9.17, 15) is 0 Å². The van der Waals surface area contributed by atoms with Crippen LogP contribution < -0.4 is 5.73 Å². The number of nitrogens with zero attached hydrogens (tertiary/aromatic N) is 2. The molecule has 2 heterocycles. The van der Waals surface area contributed by atoms with Crippen molar-refractivity contribution in [2.45, 2.75) is 19.5 Å². The largest absolute Gasteiger partial charge is 0.398 e. The van der Waals surface area contributed by atoms with Gasteiger partial charge in [0.15, 0.2) is 0 Å². The van der Waals surface area contributed by atoms with E-state index in [4.69, 9.17) is 10.7 Å². The molecule has 0 saturated carbocycles. The van der Waals surface area contributed by atoms with Crippen LogP contribution in [0.5, 0.6) is 0 Å². The van der Waals surface area contributed by atoms with Gasteiger partial charge in [-0.25, -0.2) is 0 Å². The molecule has 21 heavy (non-hydrogen) atoms. The lowest BCUT2D eigenvalue weighted by molar-refractivity contribution is 0.254. The van der Waals surface area contributed by atoms with Crippen molar-refractivity contribution in [2.75, 3.05) is 12.8 Å². The Hall–Kier alpha value is -1.91. The summed E-state index contributed by atoms with van der Waals surface area (Å²) in [5.74, 6) is 0. The molecule has 1 atom stereocenters. The first-order valence-corrected chi connectivity index (χ1v) is 7.91. The average Bonchev–Trinajstić information content (AvgIpc) is 3.00. The van der Waals surface area contributed by atoms with Crippen molar-refractivity contribution in [2.24, 2.45) is 0 Å². The molecule has 0 fully saturated rings. The number of benzene rings is 1. The van der Waals surface area contributed by atoms with Gasteiger partial charge in [0.05, 0.1) is 11.2 Å². The molecular formula is C17H19N3S. The second-order valence-electron chi connectivity index (χ2n) is 5.33. The van der Waals surface area contributed by atoms with Gasteiger partial charge in [-0.1, -0.05) is 24.3 Å². The van der Waals surface area contributed by atoms with E-state index in [0.29, 0.717) is 6.04 Å². The van der Waals surface area contributed by atoms with Crippen molar-refractivity contribution in [1.29, 1.82) is 0 Å². The number of hydrogen-bond acceptors (Lipinski definition) is 4. The minimum atomic E-state index is 0.375. The number of nitrogens with two attached hydrogens (primary N) is 1. The Morgan fingerprint density at radius 2 is 2.05 bits per heavy atom. The summed E-state index contributed by atoms with van der Waals surface area (Å²) in [6, 6.07) is 14.6. The highest BCUT2D eigenvalue weighted by Gasteiger charge is 2.14. The van der Waals surface area contributed by atoms with E-state index in [0.717, 1.165) is 28.8 Å². The van der Waals surface area contributed by atoms with Gasteiger partial charge < -0.3 is 5.73 Å². The van der Waals surface area contributed by atoms with Gasteiger partial charge >= 0.3 is 0 Å². The number of pyridine rings is 1. The van der Waals surface area contributed by atoms with Crippen LogP contribution in [0.15, 0.2) is 47.8 Å². The highest BCUT2D eigenvalue weighted by molar-refractivity contribution is 7.10. The number of fused-ring (bicyclic) bond motifs is 1. The third-order valence-electron chi connectivity index (χ3n) is 3.83. The summed E-state index contributed by atoms with van der Waals surface area (Å²) in [5.41, 5.74) is 8.92. The van der Waals surface area contributed by atoms with Crippen molar-refractivity contribution >= 4 is 27.9 Å². The lowest BCUT2D eigenvalue weighted by Gasteiger charge is -2.23. The molecule has 0 amide bonds. The summed E-state index contributed by atoms with van der Waals surface area (Å²) in [7, 11) is 2.12.